The third-order valence-electron chi connectivity index (χ3n) is 2.51. The number of alkyl halides is 3. The number of nitrogens with one attached hydrogen (secondary N) is 1. The number of amides is 1. The number of carbonyl (C=O) groups excluding carboxylic acids is 1. The standard InChI is InChI=1S/C12H12F5NO3S/c13-9-3-2-8(10(14)7-9)6-11(19)18-22(20,21)5-1-4-12(15,16)17/h2-3,7H,1,4-6H2,(H,18,19). The molecule has 22 heavy (non-hydrogen) atoms. The largest absolute Gasteiger partial charge is 0.389 e. The van der Waals surface area contributed by atoms with Gasteiger partial charge in [0.15, 0.2) is 0 Å². The van der Waals surface area contributed by atoms with Crippen LogP contribution >= 0.6 is 0 Å². The Morgan fingerprint density at radius 1 is 1.18 bits per heavy atom. The lowest BCUT2D eigenvalue weighted by atomic mass is 10.1. The van der Waals surface area contributed by atoms with Crippen molar-refractivity contribution in [2.45, 2.75) is 25.4 Å². The van der Waals surface area contributed by atoms with Crippen molar-refractivity contribution in [2.24, 2.45) is 0 Å². The number of rotatable bonds is 6. The topological polar surface area (TPSA) is 63.2 Å². The SMILES string of the molecule is O=C(Cc1ccc(F)cc1F)NS(=O)(=O)CCCC(F)(F)F. The molecule has 1 aromatic rings. The molecule has 0 aliphatic rings. The van der Waals surface area contributed by atoms with Gasteiger partial charge in [-0.3, -0.25) is 9.52 Å². The molecular formula is C12H12F5NO3S. The molecule has 0 spiro atoms. The zero-order chi connectivity index (χ0) is 17.0. The summed E-state index contributed by atoms with van der Waals surface area (Å²) >= 11 is 0. The summed E-state index contributed by atoms with van der Waals surface area (Å²) < 4.78 is 86.0. The second kappa shape index (κ2) is 7.03. The molecule has 0 aromatic heterocycles. The zero-order valence-electron chi connectivity index (χ0n) is 11.1. The van der Waals surface area contributed by atoms with Crippen molar-refractivity contribution in [1.82, 2.24) is 4.72 Å². The van der Waals surface area contributed by atoms with Crippen molar-refractivity contribution >= 4 is 15.9 Å². The fraction of sp³-hybridized carbons (Fsp3) is 0.417. The molecule has 0 bridgehead atoms. The number of carbonyl (C=O) groups is 1. The molecule has 1 rings (SSSR count). The molecule has 0 heterocycles. The number of benzene rings is 1. The Balaban J connectivity index is 2.56. The van der Waals surface area contributed by atoms with Crippen molar-refractivity contribution in [3.63, 3.8) is 0 Å². The van der Waals surface area contributed by atoms with E-state index < -0.39 is 58.8 Å². The van der Waals surface area contributed by atoms with Crippen LogP contribution in [0.5, 0.6) is 0 Å². The van der Waals surface area contributed by atoms with Crippen molar-refractivity contribution in [2.75, 3.05) is 5.75 Å². The summed E-state index contributed by atoms with van der Waals surface area (Å²) in [6, 6.07) is 2.39. The highest BCUT2D eigenvalue weighted by Crippen LogP contribution is 2.21. The van der Waals surface area contributed by atoms with Crippen LogP contribution < -0.4 is 4.72 Å². The molecule has 1 N–H and O–H groups in total. The predicted octanol–water partition coefficient (Wildman–Crippen LogP) is 2.30. The third kappa shape index (κ3) is 6.83. The van der Waals surface area contributed by atoms with Gasteiger partial charge in [-0.25, -0.2) is 17.2 Å². The molecule has 124 valence electrons. The number of halogens is 5. The lowest BCUT2D eigenvalue weighted by Crippen LogP contribution is -2.34. The minimum absolute atomic E-state index is 0.232. The van der Waals surface area contributed by atoms with Crippen LogP contribution in [0.3, 0.4) is 0 Å². The van der Waals surface area contributed by atoms with Gasteiger partial charge in [0, 0.05) is 12.5 Å². The number of hydrogen-bond donors (Lipinski definition) is 1. The molecule has 1 amide bonds. The predicted molar refractivity (Wildman–Crippen MR) is 67.3 cm³/mol. The quantitative estimate of drug-likeness (QED) is 0.805. The molecule has 1 aromatic carbocycles. The Bertz CT molecular complexity index is 643. The van der Waals surface area contributed by atoms with Gasteiger partial charge in [0.05, 0.1) is 12.2 Å². The Morgan fingerprint density at radius 2 is 1.82 bits per heavy atom. The minimum atomic E-state index is -4.49. The van der Waals surface area contributed by atoms with Crippen LogP contribution in [0.2, 0.25) is 0 Å². The van der Waals surface area contributed by atoms with Crippen LogP contribution in [0, 0.1) is 11.6 Å². The summed E-state index contributed by atoms with van der Waals surface area (Å²) in [6.07, 6.45) is -7.16. The third-order valence-corrected chi connectivity index (χ3v) is 3.87. The summed E-state index contributed by atoms with van der Waals surface area (Å²) in [5, 5.41) is 0. The van der Waals surface area contributed by atoms with Crippen molar-refractivity contribution < 1.29 is 35.2 Å². The van der Waals surface area contributed by atoms with Crippen LogP contribution in [0.25, 0.3) is 0 Å². The fourth-order valence-corrected chi connectivity index (χ4v) is 2.61. The summed E-state index contributed by atoms with van der Waals surface area (Å²) in [7, 11) is -4.24. The Hall–Kier alpha value is -1.71. The van der Waals surface area contributed by atoms with E-state index in [1.54, 1.807) is 0 Å². The molecule has 4 nitrogen and oxygen atoms in total. The molecular weight excluding hydrogens is 333 g/mol. The van der Waals surface area contributed by atoms with Gasteiger partial charge in [-0.15, -0.1) is 0 Å². The van der Waals surface area contributed by atoms with Crippen LogP contribution in [0.1, 0.15) is 18.4 Å². The van der Waals surface area contributed by atoms with Crippen LogP contribution in [0.4, 0.5) is 22.0 Å². The van der Waals surface area contributed by atoms with Crippen LogP contribution in [0.15, 0.2) is 18.2 Å². The molecule has 0 aliphatic heterocycles. The maximum absolute atomic E-state index is 13.3. The van der Waals surface area contributed by atoms with Crippen LogP contribution in [-0.4, -0.2) is 26.3 Å². The molecule has 0 atom stereocenters. The summed E-state index contributed by atoms with van der Waals surface area (Å²) in [6.45, 7) is 0. The highest BCUT2D eigenvalue weighted by Gasteiger charge is 2.27. The zero-order valence-corrected chi connectivity index (χ0v) is 11.9. The first-order chi connectivity index (χ1) is 9.98. The number of hydrogen-bond acceptors (Lipinski definition) is 3. The highest BCUT2D eigenvalue weighted by molar-refractivity contribution is 7.90. The summed E-state index contributed by atoms with van der Waals surface area (Å²) in [5.74, 6) is -3.88. The van der Waals surface area contributed by atoms with Gasteiger partial charge >= 0.3 is 6.18 Å². The van der Waals surface area contributed by atoms with Crippen molar-refractivity contribution in [1.29, 1.82) is 0 Å². The first-order valence-electron chi connectivity index (χ1n) is 6.02. The van der Waals surface area contributed by atoms with Gasteiger partial charge in [-0.2, -0.15) is 13.2 Å². The van der Waals surface area contributed by atoms with Gasteiger partial charge in [0.2, 0.25) is 15.9 Å². The van der Waals surface area contributed by atoms with E-state index in [1.165, 1.54) is 4.72 Å². The van der Waals surface area contributed by atoms with E-state index in [4.69, 9.17) is 0 Å². The lowest BCUT2D eigenvalue weighted by molar-refractivity contribution is -0.134. The molecule has 0 saturated heterocycles. The van der Waals surface area contributed by atoms with E-state index in [0.717, 1.165) is 12.1 Å². The number of sulfonamides is 1. The van der Waals surface area contributed by atoms with Gasteiger partial charge in [-0.05, 0) is 18.1 Å². The Kier molecular flexibility index (Phi) is 5.86. The monoisotopic (exact) mass is 345 g/mol. The van der Waals surface area contributed by atoms with Crippen molar-refractivity contribution in [3.05, 3.63) is 35.4 Å². The van der Waals surface area contributed by atoms with E-state index in [1.807, 2.05) is 0 Å². The molecule has 0 unspecified atom stereocenters. The second-order valence-corrected chi connectivity index (χ2v) is 6.32. The van der Waals surface area contributed by atoms with E-state index in [9.17, 15) is 35.2 Å². The average molecular weight is 345 g/mol. The Morgan fingerprint density at radius 3 is 2.36 bits per heavy atom. The summed E-state index contributed by atoms with van der Waals surface area (Å²) in [4.78, 5) is 11.5. The van der Waals surface area contributed by atoms with Gasteiger partial charge in [0.1, 0.15) is 11.6 Å². The Labute approximate surface area is 123 Å². The summed E-state index contributed by atoms with van der Waals surface area (Å²) in [5.41, 5.74) is -0.232. The highest BCUT2D eigenvalue weighted by atomic mass is 32.2. The van der Waals surface area contributed by atoms with Gasteiger partial charge in [0.25, 0.3) is 0 Å². The van der Waals surface area contributed by atoms with E-state index in [-0.39, 0.29) is 5.56 Å². The maximum atomic E-state index is 13.3. The van der Waals surface area contributed by atoms with Crippen molar-refractivity contribution in [3.8, 4) is 0 Å². The molecule has 0 radical (unpaired) electrons. The lowest BCUT2D eigenvalue weighted by Gasteiger charge is -2.09. The first-order valence-corrected chi connectivity index (χ1v) is 7.68. The molecule has 0 aliphatic carbocycles. The van der Waals surface area contributed by atoms with Crippen LogP contribution in [-0.2, 0) is 21.2 Å². The van der Waals surface area contributed by atoms with Gasteiger partial charge < -0.3 is 0 Å². The average Bonchev–Trinajstić information content (AvgIpc) is 2.30. The fourth-order valence-electron chi connectivity index (χ4n) is 1.56. The smallest absolute Gasteiger partial charge is 0.274 e. The van der Waals surface area contributed by atoms with Gasteiger partial charge in [-0.1, -0.05) is 6.07 Å². The minimum Gasteiger partial charge on any atom is -0.274 e. The molecule has 10 heteroatoms. The molecule has 0 saturated carbocycles. The first kappa shape index (κ1) is 18.3. The normalized spacial score (nSPS) is 12.2. The van der Waals surface area contributed by atoms with E-state index >= 15 is 0 Å². The second-order valence-electron chi connectivity index (χ2n) is 4.48. The van der Waals surface area contributed by atoms with E-state index in [2.05, 4.69) is 0 Å². The maximum Gasteiger partial charge on any atom is 0.389 e. The van der Waals surface area contributed by atoms with E-state index in [0.29, 0.717) is 6.07 Å². The molecule has 0 fully saturated rings.